The molecule has 0 unspecified atom stereocenters. The summed E-state index contributed by atoms with van der Waals surface area (Å²) in [7, 11) is 0. The topological polar surface area (TPSA) is 55.6 Å². The van der Waals surface area contributed by atoms with Crippen LogP contribution in [0.25, 0.3) is 5.82 Å². The molecule has 5 nitrogen and oxygen atoms in total. The molecule has 1 N–H and O–H groups in total. The van der Waals surface area contributed by atoms with Crippen molar-refractivity contribution in [1.82, 2.24) is 19.7 Å². The number of halogens is 1. The molecule has 78 valence electrons. The molecule has 2 heterocycles. The zero-order chi connectivity index (χ0) is 10.7. The molecule has 0 bridgehead atoms. The molecule has 2 aromatic rings. The lowest BCUT2D eigenvalue weighted by Gasteiger charge is -2.03. The van der Waals surface area contributed by atoms with E-state index in [-0.39, 0.29) is 0 Å². The van der Waals surface area contributed by atoms with E-state index < -0.39 is 0 Å². The van der Waals surface area contributed by atoms with E-state index in [2.05, 4.69) is 43.0 Å². The predicted octanol–water partition coefficient (Wildman–Crippen LogP) is 1.70. The molecule has 15 heavy (non-hydrogen) atoms. The number of anilines is 1. The standard InChI is InChI=1S/C9H10IN5/c1-2-11-9-12-4-3-8(14-9)15-6-7(10)5-13-15/h3-6H,2H2,1H3,(H,11,12,14). The fraction of sp³-hybridized carbons (Fsp3) is 0.222. The van der Waals surface area contributed by atoms with Crippen LogP contribution in [0.1, 0.15) is 6.92 Å². The molecule has 0 radical (unpaired) electrons. The van der Waals surface area contributed by atoms with Gasteiger partial charge in [0.1, 0.15) is 0 Å². The van der Waals surface area contributed by atoms with E-state index in [1.54, 1.807) is 17.1 Å². The van der Waals surface area contributed by atoms with Crippen LogP contribution in [0.5, 0.6) is 0 Å². The minimum atomic E-state index is 0.625. The SMILES string of the molecule is CCNc1nccc(-n2cc(I)cn2)n1. The summed E-state index contributed by atoms with van der Waals surface area (Å²) in [6.45, 7) is 2.81. The van der Waals surface area contributed by atoms with E-state index in [9.17, 15) is 0 Å². The van der Waals surface area contributed by atoms with Gasteiger partial charge in [-0.15, -0.1) is 0 Å². The highest BCUT2D eigenvalue weighted by Crippen LogP contribution is 2.08. The average Bonchev–Trinajstić information content (AvgIpc) is 2.66. The molecule has 0 aliphatic rings. The second-order valence-corrected chi connectivity index (χ2v) is 4.12. The Labute approximate surface area is 101 Å². The highest BCUT2D eigenvalue weighted by molar-refractivity contribution is 14.1. The number of aromatic nitrogens is 4. The van der Waals surface area contributed by atoms with Crippen molar-refractivity contribution in [2.24, 2.45) is 0 Å². The fourth-order valence-corrected chi connectivity index (χ4v) is 1.53. The first-order chi connectivity index (χ1) is 7.29. The van der Waals surface area contributed by atoms with E-state index >= 15 is 0 Å². The van der Waals surface area contributed by atoms with Gasteiger partial charge in [0.15, 0.2) is 5.82 Å². The van der Waals surface area contributed by atoms with Crippen LogP contribution in [-0.4, -0.2) is 26.3 Å². The monoisotopic (exact) mass is 315 g/mol. The molecule has 0 saturated heterocycles. The lowest BCUT2D eigenvalue weighted by molar-refractivity contribution is 0.839. The van der Waals surface area contributed by atoms with Gasteiger partial charge in [0.2, 0.25) is 5.95 Å². The average molecular weight is 315 g/mol. The third kappa shape index (κ3) is 2.44. The Kier molecular flexibility index (Phi) is 3.14. The van der Waals surface area contributed by atoms with Crippen LogP contribution in [0, 0.1) is 3.57 Å². The van der Waals surface area contributed by atoms with Gasteiger partial charge in [-0.2, -0.15) is 10.1 Å². The summed E-state index contributed by atoms with van der Waals surface area (Å²) in [5.74, 6) is 1.39. The Morgan fingerprint density at radius 2 is 2.40 bits per heavy atom. The van der Waals surface area contributed by atoms with Crippen LogP contribution in [0.2, 0.25) is 0 Å². The number of rotatable bonds is 3. The molecule has 0 saturated carbocycles. The minimum absolute atomic E-state index is 0.625. The van der Waals surface area contributed by atoms with Gasteiger partial charge in [-0.3, -0.25) is 0 Å². The van der Waals surface area contributed by atoms with E-state index in [1.807, 2.05) is 19.2 Å². The molecular weight excluding hydrogens is 305 g/mol. The summed E-state index contributed by atoms with van der Waals surface area (Å²) in [4.78, 5) is 8.42. The molecule has 2 rings (SSSR count). The van der Waals surface area contributed by atoms with Crippen molar-refractivity contribution >= 4 is 28.5 Å². The molecule has 0 aromatic carbocycles. The van der Waals surface area contributed by atoms with Gasteiger partial charge in [0.25, 0.3) is 0 Å². The largest absolute Gasteiger partial charge is 0.354 e. The zero-order valence-corrected chi connectivity index (χ0v) is 10.3. The number of hydrogen-bond acceptors (Lipinski definition) is 4. The first-order valence-corrected chi connectivity index (χ1v) is 5.65. The summed E-state index contributed by atoms with van der Waals surface area (Å²) in [6, 6.07) is 1.82. The van der Waals surface area contributed by atoms with Gasteiger partial charge in [-0.25, -0.2) is 9.67 Å². The summed E-state index contributed by atoms with van der Waals surface area (Å²) < 4.78 is 2.81. The first-order valence-electron chi connectivity index (χ1n) is 4.57. The Morgan fingerprint density at radius 1 is 1.53 bits per heavy atom. The third-order valence-corrected chi connectivity index (χ3v) is 2.32. The smallest absolute Gasteiger partial charge is 0.224 e. The Balaban J connectivity index is 2.32. The molecule has 0 fully saturated rings. The molecular formula is C9H10IN5. The van der Waals surface area contributed by atoms with Crippen molar-refractivity contribution in [1.29, 1.82) is 0 Å². The number of nitrogens with zero attached hydrogens (tertiary/aromatic N) is 4. The van der Waals surface area contributed by atoms with E-state index in [0.29, 0.717) is 5.95 Å². The summed E-state index contributed by atoms with van der Waals surface area (Å²) in [6.07, 6.45) is 5.42. The number of nitrogens with one attached hydrogen (secondary N) is 1. The molecule has 6 heteroatoms. The van der Waals surface area contributed by atoms with Crippen molar-refractivity contribution in [2.45, 2.75) is 6.92 Å². The number of hydrogen-bond donors (Lipinski definition) is 1. The van der Waals surface area contributed by atoms with E-state index in [4.69, 9.17) is 0 Å². The van der Waals surface area contributed by atoms with Gasteiger partial charge >= 0.3 is 0 Å². The van der Waals surface area contributed by atoms with Crippen LogP contribution in [0.3, 0.4) is 0 Å². The maximum atomic E-state index is 4.32. The molecule has 0 atom stereocenters. The lowest BCUT2D eigenvalue weighted by Crippen LogP contribution is -2.05. The normalized spacial score (nSPS) is 10.3. The van der Waals surface area contributed by atoms with Crippen LogP contribution in [-0.2, 0) is 0 Å². The van der Waals surface area contributed by atoms with Crippen molar-refractivity contribution < 1.29 is 0 Å². The van der Waals surface area contributed by atoms with E-state index in [0.717, 1.165) is 15.9 Å². The Morgan fingerprint density at radius 3 is 3.07 bits per heavy atom. The fourth-order valence-electron chi connectivity index (χ4n) is 1.15. The highest BCUT2D eigenvalue weighted by Gasteiger charge is 2.01. The van der Waals surface area contributed by atoms with Crippen molar-refractivity contribution in [3.8, 4) is 5.82 Å². The Hall–Kier alpha value is -1.18. The lowest BCUT2D eigenvalue weighted by atomic mass is 10.6. The van der Waals surface area contributed by atoms with Crippen LogP contribution in [0.4, 0.5) is 5.95 Å². The molecule has 0 aliphatic carbocycles. The second-order valence-electron chi connectivity index (χ2n) is 2.87. The van der Waals surface area contributed by atoms with Gasteiger partial charge in [-0.1, -0.05) is 0 Å². The maximum absolute atomic E-state index is 4.32. The highest BCUT2D eigenvalue weighted by atomic mass is 127. The van der Waals surface area contributed by atoms with Crippen molar-refractivity contribution in [3.05, 3.63) is 28.2 Å². The quantitative estimate of drug-likeness (QED) is 0.876. The maximum Gasteiger partial charge on any atom is 0.224 e. The molecule has 0 aliphatic heterocycles. The summed E-state index contributed by atoms with van der Waals surface area (Å²) >= 11 is 2.21. The summed E-state index contributed by atoms with van der Waals surface area (Å²) in [5.41, 5.74) is 0. The molecule has 0 amide bonds. The molecule has 2 aromatic heterocycles. The minimum Gasteiger partial charge on any atom is -0.354 e. The van der Waals surface area contributed by atoms with E-state index in [1.165, 1.54) is 0 Å². The van der Waals surface area contributed by atoms with Crippen LogP contribution in [0.15, 0.2) is 24.7 Å². The zero-order valence-electron chi connectivity index (χ0n) is 8.18. The van der Waals surface area contributed by atoms with Gasteiger partial charge < -0.3 is 5.32 Å². The van der Waals surface area contributed by atoms with Gasteiger partial charge in [0, 0.05) is 25.0 Å². The summed E-state index contributed by atoms with van der Waals surface area (Å²) in [5, 5.41) is 7.24. The first kappa shape index (κ1) is 10.3. The Bertz CT molecular complexity index is 453. The van der Waals surface area contributed by atoms with Crippen molar-refractivity contribution in [3.63, 3.8) is 0 Å². The van der Waals surface area contributed by atoms with Crippen LogP contribution >= 0.6 is 22.6 Å². The third-order valence-electron chi connectivity index (χ3n) is 1.76. The molecule has 0 spiro atoms. The second kappa shape index (κ2) is 4.56. The van der Waals surface area contributed by atoms with Gasteiger partial charge in [-0.05, 0) is 29.5 Å². The predicted molar refractivity (Wildman–Crippen MR) is 66.0 cm³/mol. The van der Waals surface area contributed by atoms with Crippen molar-refractivity contribution in [2.75, 3.05) is 11.9 Å². The van der Waals surface area contributed by atoms with Crippen LogP contribution < -0.4 is 5.32 Å². The van der Waals surface area contributed by atoms with Gasteiger partial charge in [0.05, 0.1) is 9.77 Å².